The molecule has 0 aromatic carbocycles. The number of rotatable bonds is 62. The lowest BCUT2D eigenvalue weighted by Crippen LogP contribution is -2.30. The molecule has 0 aromatic rings. The molecule has 0 aromatic heterocycles. The minimum atomic E-state index is -0.789. The van der Waals surface area contributed by atoms with Crippen LogP contribution in [0.3, 0.4) is 0 Å². The van der Waals surface area contributed by atoms with E-state index in [-0.39, 0.29) is 31.1 Å². The van der Waals surface area contributed by atoms with Gasteiger partial charge in [0, 0.05) is 19.3 Å². The number of carbonyl (C=O) groups is 3. The first-order valence-corrected chi connectivity index (χ1v) is 33.8. The first kappa shape index (κ1) is 74.1. The Kier molecular flexibility index (Phi) is 63.2. The fraction of sp³-hybridized carbons (Fsp3) is 0.817. The van der Waals surface area contributed by atoms with Gasteiger partial charge in [-0.05, 0) is 83.5 Å². The van der Waals surface area contributed by atoms with Crippen molar-refractivity contribution >= 4 is 17.9 Å². The highest BCUT2D eigenvalue weighted by Gasteiger charge is 2.19. The molecule has 0 heterocycles. The molecule has 0 spiro atoms. The van der Waals surface area contributed by atoms with Gasteiger partial charge in [-0.15, -0.1) is 0 Å². The number of esters is 3. The molecule has 0 bridgehead atoms. The predicted octanol–water partition coefficient (Wildman–Crippen LogP) is 23.1. The van der Waals surface area contributed by atoms with E-state index in [1.807, 2.05) is 0 Å². The Morgan fingerprint density at radius 1 is 0.273 bits per heavy atom. The van der Waals surface area contributed by atoms with Crippen LogP contribution in [-0.2, 0) is 28.6 Å². The highest BCUT2D eigenvalue weighted by Crippen LogP contribution is 2.18. The van der Waals surface area contributed by atoms with Crippen molar-refractivity contribution in [3.63, 3.8) is 0 Å². The maximum Gasteiger partial charge on any atom is 0.306 e. The van der Waals surface area contributed by atoms with Gasteiger partial charge in [0.2, 0.25) is 0 Å². The highest BCUT2D eigenvalue weighted by molar-refractivity contribution is 5.71. The molecule has 1 unspecified atom stereocenters. The van der Waals surface area contributed by atoms with Crippen molar-refractivity contribution in [3.8, 4) is 0 Å². The minimum absolute atomic E-state index is 0.0830. The number of hydrogen-bond acceptors (Lipinski definition) is 6. The zero-order valence-electron chi connectivity index (χ0n) is 51.5. The Balaban J connectivity index is 4.20. The molecular formula is C71H128O6. The minimum Gasteiger partial charge on any atom is -0.462 e. The normalized spacial score (nSPS) is 12.4. The standard InChI is InChI=1S/C71H128O6/c1-4-7-10-13-16-19-22-25-28-29-30-31-32-33-34-35-36-37-38-39-40-41-44-46-49-52-55-58-61-64-70(73)76-67-68(77-71(74)65-62-59-56-53-50-47-43-27-24-21-18-15-12-9-6-3)66-75-69(72)63-60-57-54-51-48-45-42-26-23-20-17-14-11-8-5-2/h9,12,17-18,20-21,26-27,42-43,68H,4-8,10-11,13-16,19,22-25,28-41,44-67H2,1-3H3/b12-9-,20-17-,21-18-,42-26-,43-27-. The van der Waals surface area contributed by atoms with Crippen molar-refractivity contribution in [1.29, 1.82) is 0 Å². The zero-order valence-corrected chi connectivity index (χ0v) is 51.5. The van der Waals surface area contributed by atoms with E-state index < -0.39 is 6.10 Å². The Labute approximate surface area is 479 Å². The number of carbonyl (C=O) groups excluding carboxylic acids is 3. The van der Waals surface area contributed by atoms with Crippen LogP contribution in [0.1, 0.15) is 355 Å². The molecule has 0 N–H and O–H groups in total. The van der Waals surface area contributed by atoms with Crippen LogP contribution >= 0.6 is 0 Å². The van der Waals surface area contributed by atoms with Crippen molar-refractivity contribution in [3.05, 3.63) is 60.8 Å². The highest BCUT2D eigenvalue weighted by atomic mass is 16.6. The van der Waals surface area contributed by atoms with Gasteiger partial charge in [-0.1, -0.05) is 313 Å². The molecule has 0 fully saturated rings. The van der Waals surface area contributed by atoms with Crippen LogP contribution in [0.15, 0.2) is 60.8 Å². The van der Waals surface area contributed by atoms with Crippen molar-refractivity contribution in [1.82, 2.24) is 0 Å². The predicted molar refractivity (Wildman–Crippen MR) is 335 cm³/mol. The third kappa shape index (κ3) is 63.8. The second-order valence-electron chi connectivity index (χ2n) is 22.7. The summed E-state index contributed by atoms with van der Waals surface area (Å²) in [6.45, 7) is 6.53. The molecule has 0 saturated carbocycles. The molecule has 0 saturated heterocycles. The van der Waals surface area contributed by atoms with E-state index in [0.717, 1.165) is 116 Å². The second-order valence-corrected chi connectivity index (χ2v) is 22.7. The molecular weight excluding hydrogens is 949 g/mol. The number of hydrogen-bond donors (Lipinski definition) is 0. The molecule has 6 nitrogen and oxygen atoms in total. The van der Waals surface area contributed by atoms with Gasteiger partial charge in [0.15, 0.2) is 6.10 Å². The van der Waals surface area contributed by atoms with Gasteiger partial charge in [0.25, 0.3) is 0 Å². The van der Waals surface area contributed by atoms with Crippen LogP contribution in [0.2, 0.25) is 0 Å². The second kappa shape index (κ2) is 65.6. The fourth-order valence-corrected chi connectivity index (χ4v) is 9.96. The average Bonchev–Trinajstić information content (AvgIpc) is 3.43. The van der Waals surface area contributed by atoms with Gasteiger partial charge in [0.1, 0.15) is 13.2 Å². The monoisotopic (exact) mass is 1080 g/mol. The lowest BCUT2D eigenvalue weighted by molar-refractivity contribution is -0.167. The maximum atomic E-state index is 12.9. The smallest absolute Gasteiger partial charge is 0.306 e. The molecule has 0 aliphatic rings. The van der Waals surface area contributed by atoms with E-state index in [1.165, 1.54) is 199 Å². The first-order chi connectivity index (χ1) is 38.0. The van der Waals surface area contributed by atoms with Crippen LogP contribution in [0.5, 0.6) is 0 Å². The summed E-state index contributed by atoms with van der Waals surface area (Å²) in [6, 6.07) is 0. The van der Waals surface area contributed by atoms with E-state index >= 15 is 0 Å². The SMILES string of the molecule is CC/C=C\C/C=C\C/C=C\CCCCCCCC(=O)OC(COC(=O)CCCCCCC/C=C\C/C=C\CCCCC)COC(=O)CCCCCCCCCCCCCCCCCCCCCCCCCCCCCCC. The molecule has 448 valence electrons. The number of unbranched alkanes of at least 4 members (excludes halogenated alkanes) is 41. The Morgan fingerprint density at radius 3 is 0.818 bits per heavy atom. The average molecular weight is 1080 g/mol. The lowest BCUT2D eigenvalue weighted by atomic mass is 10.0. The Bertz CT molecular complexity index is 1380. The van der Waals surface area contributed by atoms with E-state index in [1.54, 1.807) is 0 Å². The summed E-state index contributed by atoms with van der Waals surface area (Å²) < 4.78 is 16.9. The third-order valence-corrected chi connectivity index (χ3v) is 15.0. The van der Waals surface area contributed by atoms with Gasteiger partial charge >= 0.3 is 17.9 Å². The summed E-state index contributed by atoms with van der Waals surface area (Å²) >= 11 is 0. The van der Waals surface area contributed by atoms with Crippen LogP contribution in [0.4, 0.5) is 0 Å². The Morgan fingerprint density at radius 2 is 0.506 bits per heavy atom. The summed E-state index contributed by atoms with van der Waals surface area (Å²) in [7, 11) is 0. The summed E-state index contributed by atoms with van der Waals surface area (Å²) in [5.41, 5.74) is 0. The molecule has 1 atom stereocenters. The summed E-state index contributed by atoms with van der Waals surface area (Å²) in [6.07, 6.45) is 84.0. The van der Waals surface area contributed by atoms with Crippen LogP contribution < -0.4 is 0 Å². The lowest BCUT2D eigenvalue weighted by Gasteiger charge is -2.18. The van der Waals surface area contributed by atoms with Gasteiger partial charge < -0.3 is 14.2 Å². The number of allylic oxidation sites excluding steroid dienone is 10. The zero-order chi connectivity index (χ0) is 55.7. The van der Waals surface area contributed by atoms with Gasteiger partial charge in [-0.25, -0.2) is 0 Å². The fourth-order valence-electron chi connectivity index (χ4n) is 9.96. The summed E-state index contributed by atoms with van der Waals surface area (Å²) in [5.74, 6) is -0.896. The van der Waals surface area contributed by atoms with Gasteiger partial charge in [-0.3, -0.25) is 14.4 Å². The van der Waals surface area contributed by atoms with Crippen LogP contribution in [0.25, 0.3) is 0 Å². The molecule has 6 heteroatoms. The van der Waals surface area contributed by atoms with Crippen LogP contribution in [-0.4, -0.2) is 37.2 Å². The molecule has 0 aliphatic carbocycles. The molecule has 0 amide bonds. The summed E-state index contributed by atoms with van der Waals surface area (Å²) in [4.78, 5) is 38.3. The largest absolute Gasteiger partial charge is 0.462 e. The summed E-state index contributed by atoms with van der Waals surface area (Å²) in [5, 5.41) is 0. The van der Waals surface area contributed by atoms with Crippen molar-refractivity contribution < 1.29 is 28.6 Å². The maximum absolute atomic E-state index is 12.9. The molecule has 0 radical (unpaired) electrons. The van der Waals surface area contributed by atoms with E-state index in [0.29, 0.717) is 19.3 Å². The quantitative estimate of drug-likeness (QED) is 0.0261. The van der Waals surface area contributed by atoms with Crippen molar-refractivity contribution in [2.24, 2.45) is 0 Å². The molecule has 0 aliphatic heterocycles. The van der Waals surface area contributed by atoms with Crippen molar-refractivity contribution in [2.75, 3.05) is 13.2 Å². The topological polar surface area (TPSA) is 78.9 Å². The number of ether oxygens (including phenoxy) is 3. The van der Waals surface area contributed by atoms with Crippen molar-refractivity contribution in [2.45, 2.75) is 361 Å². The van der Waals surface area contributed by atoms with Gasteiger partial charge in [0.05, 0.1) is 0 Å². The van der Waals surface area contributed by atoms with Crippen LogP contribution in [0, 0.1) is 0 Å². The third-order valence-electron chi connectivity index (χ3n) is 15.0. The Hall–Kier alpha value is -2.89. The first-order valence-electron chi connectivity index (χ1n) is 33.8. The van der Waals surface area contributed by atoms with E-state index in [9.17, 15) is 14.4 Å². The van der Waals surface area contributed by atoms with Gasteiger partial charge in [-0.2, -0.15) is 0 Å². The van der Waals surface area contributed by atoms with E-state index in [4.69, 9.17) is 14.2 Å². The molecule has 0 rings (SSSR count). The van der Waals surface area contributed by atoms with E-state index in [2.05, 4.69) is 81.5 Å². The molecule has 77 heavy (non-hydrogen) atoms.